The van der Waals surface area contributed by atoms with E-state index in [1.807, 2.05) is 45.6 Å². The predicted molar refractivity (Wildman–Crippen MR) is 132 cm³/mol. The van der Waals surface area contributed by atoms with Gasteiger partial charge >= 0.3 is 0 Å². The smallest absolute Gasteiger partial charge is 0.261 e. The molecule has 0 unspecified atom stereocenters. The second kappa shape index (κ2) is 11.0. The summed E-state index contributed by atoms with van der Waals surface area (Å²) in [6.07, 6.45) is 16.2. The molecule has 9 heteroatoms. The molecule has 1 heterocycles. The summed E-state index contributed by atoms with van der Waals surface area (Å²) in [5.41, 5.74) is 1.36. The van der Waals surface area contributed by atoms with Crippen LogP contribution < -0.4 is 10.1 Å². The van der Waals surface area contributed by atoms with Crippen molar-refractivity contribution >= 4 is 51.0 Å². The van der Waals surface area contributed by atoms with Crippen LogP contribution in [0, 0.1) is 18.3 Å². The highest BCUT2D eigenvalue weighted by Gasteiger charge is 2.22. The van der Waals surface area contributed by atoms with Gasteiger partial charge in [0.15, 0.2) is 0 Å². The first-order valence-electron chi connectivity index (χ1n) is 10.1. The number of oxime groups is 1. The van der Waals surface area contributed by atoms with Crippen LogP contribution in [-0.4, -0.2) is 41.0 Å². The number of allylic oxidation sites excluding steroid dienone is 2. The van der Waals surface area contributed by atoms with Crippen molar-refractivity contribution in [2.75, 3.05) is 19.5 Å². The van der Waals surface area contributed by atoms with E-state index in [0.717, 1.165) is 36.6 Å². The molecule has 0 saturated heterocycles. The molecule has 2 aromatic rings. The monoisotopic (exact) mass is 548 g/mol. The van der Waals surface area contributed by atoms with Crippen molar-refractivity contribution in [3.8, 4) is 18.1 Å². The Morgan fingerprint density at radius 3 is 2.75 bits per heavy atom. The zero-order chi connectivity index (χ0) is 23.1. The zero-order valence-electron chi connectivity index (χ0n) is 17.9. The van der Waals surface area contributed by atoms with Crippen LogP contribution in [0.15, 0.2) is 45.3 Å². The van der Waals surface area contributed by atoms with Gasteiger partial charge in [-0.2, -0.15) is 5.10 Å². The first-order valence-corrected chi connectivity index (χ1v) is 11.2. The van der Waals surface area contributed by atoms with E-state index in [1.54, 1.807) is 19.3 Å². The number of nitrogens with zero attached hydrogens (tertiary/aromatic N) is 3. The fraction of sp³-hybridized carbons (Fsp3) is 0.348. The highest BCUT2D eigenvalue weighted by atomic mass is 127. The van der Waals surface area contributed by atoms with Crippen molar-refractivity contribution in [2.45, 2.75) is 31.7 Å². The Balaban J connectivity index is 1.78. The molecule has 1 aromatic carbocycles. The molecule has 32 heavy (non-hydrogen) atoms. The van der Waals surface area contributed by atoms with E-state index in [-0.39, 0.29) is 11.8 Å². The number of nitrogens with one attached hydrogen (secondary N) is 1. The number of halogens is 1. The highest BCUT2D eigenvalue weighted by Crippen LogP contribution is 2.35. The van der Waals surface area contributed by atoms with Gasteiger partial charge < -0.3 is 20.0 Å². The number of carbonyl (C=O) groups is 1. The summed E-state index contributed by atoms with van der Waals surface area (Å²) in [7, 11) is 2.94. The molecule has 1 aliphatic carbocycles. The SMILES string of the molecule is C#CC1CCC(n2cc3cc(NC(=O)/C(I)=C/C=C\C(=N\O)OC)c(OC)cc3n2)CC1. The summed E-state index contributed by atoms with van der Waals surface area (Å²) in [4.78, 5) is 12.6. The van der Waals surface area contributed by atoms with Crippen molar-refractivity contribution in [3.05, 3.63) is 40.1 Å². The molecule has 2 N–H and O–H groups in total. The summed E-state index contributed by atoms with van der Waals surface area (Å²) >= 11 is 1.93. The third-order valence-corrected chi connectivity index (χ3v) is 6.25. The van der Waals surface area contributed by atoms with Crippen molar-refractivity contribution in [2.24, 2.45) is 11.1 Å². The van der Waals surface area contributed by atoms with Gasteiger partial charge in [0.1, 0.15) is 5.75 Å². The third-order valence-electron chi connectivity index (χ3n) is 5.40. The van der Waals surface area contributed by atoms with Crippen LogP contribution >= 0.6 is 22.6 Å². The Morgan fingerprint density at radius 2 is 2.12 bits per heavy atom. The van der Waals surface area contributed by atoms with Gasteiger partial charge in [0.2, 0.25) is 5.90 Å². The number of hydrogen-bond acceptors (Lipinski definition) is 6. The molecular formula is C23H25IN4O4. The summed E-state index contributed by atoms with van der Waals surface area (Å²) in [6, 6.07) is 4.02. The zero-order valence-corrected chi connectivity index (χ0v) is 20.1. The fourth-order valence-corrected chi connectivity index (χ4v) is 3.99. The lowest BCUT2D eigenvalue weighted by Gasteiger charge is -2.25. The van der Waals surface area contributed by atoms with E-state index < -0.39 is 0 Å². The molecule has 1 fully saturated rings. The summed E-state index contributed by atoms with van der Waals surface area (Å²) in [5, 5.41) is 20.2. The topological polar surface area (TPSA) is 98.0 Å². The van der Waals surface area contributed by atoms with Crippen LogP contribution in [-0.2, 0) is 9.53 Å². The van der Waals surface area contributed by atoms with E-state index in [1.165, 1.54) is 13.2 Å². The number of fused-ring (bicyclic) bond motifs is 1. The van der Waals surface area contributed by atoms with Crippen LogP contribution in [0.2, 0.25) is 0 Å². The molecule has 1 saturated carbocycles. The number of amides is 1. The van der Waals surface area contributed by atoms with Crippen LogP contribution in [0.4, 0.5) is 5.69 Å². The highest BCUT2D eigenvalue weighted by molar-refractivity contribution is 14.1. The maximum atomic E-state index is 12.6. The minimum atomic E-state index is -0.298. The van der Waals surface area contributed by atoms with Crippen molar-refractivity contribution < 1.29 is 19.5 Å². The molecule has 0 radical (unpaired) electrons. The Labute approximate surface area is 200 Å². The molecular weight excluding hydrogens is 523 g/mol. The number of carbonyl (C=O) groups excluding carboxylic acids is 1. The van der Waals surface area contributed by atoms with Gasteiger partial charge in [0.05, 0.1) is 35.0 Å². The molecule has 0 atom stereocenters. The summed E-state index contributed by atoms with van der Waals surface area (Å²) < 4.78 is 12.7. The lowest BCUT2D eigenvalue weighted by Crippen LogP contribution is -2.17. The molecule has 8 nitrogen and oxygen atoms in total. The number of benzene rings is 1. The van der Waals surface area contributed by atoms with Crippen LogP contribution in [0.3, 0.4) is 0 Å². The lowest BCUT2D eigenvalue weighted by molar-refractivity contribution is -0.112. The number of methoxy groups -OCH3 is 2. The minimum absolute atomic E-state index is 0.0303. The van der Waals surface area contributed by atoms with E-state index in [0.29, 0.717) is 27.0 Å². The van der Waals surface area contributed by atoms with Gasteiger partial charge in [0, 0.05) is 29.6 Å². The lowest BCUT2D eigenvalue weighted by atomic mass is 9.87. The molecule has 1 amide bonds. The third kappa shape index (κ3) is 5.62. The predicted octanol–water partition coefficient (Wildman–Crippen LogP) is 4.66. The number of rotatable bonds is 6. The maximum absolute atomic E-state index is 12.6. The van der Waals surface area contributed by atoms with Crippen LogP contribution in [0.1, 0.15) is 31.7 Å². The van der Waals surface area contributed by atoms with Crippen molar-refractivity contribution in [1.29, 1.82) is 0 Å². The fourth-order valence-electron chi connectivity index (χ4n) is 3.65. The molecule has 1 aliphatic rings. The van der Waals surface area contributed by atoms with Gasteiger partial charge in [-0.15, -0.1) is 12.3 Å². The molecule has 1 aromatic heterocycles. The van der Waals surface area contributed by atoms with Gasteiger partial charge in [-0.1, -0.05) is 6.08 Å². The number of ether oxygens (including phenoxy) is 2. The summed E-state index contributed by atoms with van der Waals surface area (Å²) in [6.45, 7) is 0. The van der Waals surface area contributed by atoms with E-state index >= 15 is 0 Å². The Kier molecular flexibility index (Phi) is 8.16. The van der Waals surface area contributed by atoms with Crippen LogP contribution in [0.25, 0.3) is 10.9 Å². The molecule has 3 rings (SSSR count). The van der Waals surface area contributed by atoms with Gasteiger partial charge in [0.25, 0.3) is 5.91 Å². The van der Waals surface area contributed by atoms with Crippen molar-refractivity contribution in [1.82, 2.24) is 9.78 Å². The Hall–Kier alpha value is -3.00. The Morgan fingerprint density at radius 1 is 1.38 bits per heavy atom. The maximum Gasteiger partial charge on any atom is 0.261 e. The number of terminal acetylenes is 1. The van der Waals surface area contributed by atoms with E-state index in [2.05, 4.69) is 16.4 Å². The van der Waals surface area contributed by atoms with Gasteiger partial charge in [-0.05, 0) is 65.6 Å². The van der Waals surface area contributed by atoms with Crippen LogP contribution in [0.5, 0.6) is 5.75 Å². The number of hydrogen-bond donors (Lipinski definition) is 2. The van der Waals surface area contributed by atoms with Crippen molar-refractivity contribution in [3.63, 3.8) is 0 Å². The normalized spacial score (nSPS) is 19.7. The summed E-state index contributed by atoms with van der Waals surface area (Å²) in [5.74, 6) is 3.48. The average Bonchev–Trinajstić information content (AvgIpc) is 3.24. The molecule has 0 spiro atoms. The van der Waals surface area contributed by atoms with E-state index in [4.69, 9.17) is 26.2 Å². The quantitative estimate of drug-likeness (QED) is 0.0801. The van der Waals surface area contributed by atoms with Gasteiger partial charge in [-0.3, -0.25) is 9.48 Å². The van der Waals surface area contributed by atoms with E-state index in [9.17, 15) is 4.79 Å². The average molecular weight is 548 g/mol. The number of anilines is 1. The second-order valence-corrected chi connectivity index (χ2v) is 8.52. The molecule has 168 valence electrons. The molecule has 0 bridgehead atoms. The Bertz CT molecular complexity index is 1110. The minimum Gasteiger partial charge on any atom is -0.494 e. The number of aromatic nitrogens is 2. The second-order valence-electron chi connectivity index (χ2n) is 7.36. The largest absolute Gasteiger partial charge is 0.494 e. The first-order chi connectivity index (χ1) is 15.5. The standard InChI is InChI=1S/C23H25IN4O4/c1-4-15-8-10-17(11-9-15)28-14-16-12-20(21(31-2)13-19(16)26-28)25-23(29)18(24)6-5-7-22(27-30)32-3/h1,5-7,12-15,17,30H,8-11H2,2-3H3,(H,25,29)/b7-5-,18-6-,27-22-. The molecule has 0 aliphatic heterocycles. The first kappa shape index (κ1) is 23.7. The van der Waals surface area contributed by atoms with Gasteiger partial charge in [-0.25, -0.2) is 0 Å².